The maximum Gasteiger partial charge on any atom is 0.245 e. The number of carbonyl (C=O) groups is 1. The number of likely N-dealkylation sites (tertiary alicyclic amines) is 1. The Bertz CT molecular complexity index is 674. The first-order chi connectivity index (χ1) is 10.1. The molecule has 0 aliphatic carbocycles. The predicted octanol–water partition coefficient (Wildman–Crippen LogP) is 4.52. The largest absolute Gasteiger partial charge is 0.341 e. The molecule has 21 heavy (non-hydrogen) atoms. The molecule has 1 aromatic carbocycles. The molecule has 2 aromatic rings. The minimum Gasteiger partial charge on any atom is -0.341 e. The highest BCUT2D eigenvalue weighted by atomic mass is 35.5. The summed E-state index contributed by atoms with van der Waals surface area (Å²) in [6.45, 7) is 3.67. The van der Waals surface area contributed by atoms with E-state index >= 15 is 0 Å². The van der Waals surface area contributed by atoms with Gasteiger partial charge in [0.25, 0.3) is 0 Å². The fraction of sp³-hybridized carbons (Fsp3) is 0.438. The van der Waals surface area contributed by atoms with E-state index in [0.29, 0.717) is 10.0 Å². The van der Waals surface area contributed by atoms with Crippen molar-refractivity contribution in [3.05, 3.63) is 34.4 Å². The lowest BCUT2D eigenvalue weighted by Gasteiger charge is -2.30. The molecule has 1 saturated heterocycles. The van der Waals surface area contributed by atoms with Gasteiger partial charge in [-0.15, -0.1) is 0 Å². The normalized spacial score (nSPS) is 17.2. The third-order valence-corrected chi connectivity index (χ3v) is 4.73. The number of hydrogen-bond acceptors (Lipinski definition) is 1. The SMILES string of the molecule is CC(C(=O)N1CCCCC1)n1ccc2c(Cl)cc(Cl)cc21. The Labute approximate surface area is 134 Å². The van der Waals surface area contributed by atoms with E-state index in [-0.39, 0.29) is 11.9 Å². The summed E-state index contributed by atoms with van der Waals surface area (Å²) in [5.74, 6) is 0.170. The van der Waals surface area contributed by atoms with Gasteiger partial charge in [0.05, 0.1) is 10.5 Å². The zero-order chi connectivity index (χ0) is 15.0. The second-order valence-electron chi connectivity index (χ2n) is 5.61. The molecule has 1 aromatic heterocycles. The van der Waals surface area contributed by atoms with E-state index < -0.39 is 0 Å². The summed E-state index contributed by atoms with van der Waals surface area (Å²) >= 11 is 12.3. The number of halogens is 2. The van der Waals surface area contributed by atoms with Crippen LogP contribution in [-0.4, -0.2) is 28.5 Å². The molecule has 3 nitrogen and oxygen atoms in total. The third-order valence-electron chi connectivity index (χ3n) is 4.19. The first-order valence-corrected chi connectivity index (χ1v) is 8.08. The lowest BCUT2D eigenvalue weighted by molar-refractivity contribution is -0.135. The highest BCUT2D eigenvalue weighted by molar-refractivity contribution is 6.38. The number of carbonyl (C=O) groups excluding carboxylic acids is 1. The molecule has 2 heterocycles. The molecule has 5 heteroatoms. The van der Waals surface area contributed by atoms with Crippen molar-refractivity contribution in [1.82, 2.24) is 9.47 Å². The third kappa shape index (κ3) is 2.77. The van der Waals surface area contributed by atoms with Gasteiger partial charge in [0.2, 0.25) is 5.91 Å². The maximum absolute atomic E-state index is 12.6. The highest BCUT2D eigenvalue weighted by Gasteiger charge is 2.24. The number of benzene rings is 1. The summed E-state index contributed by atoms with van der Waals surface area (Å²) in [4.78, 5) is 14.6. The molecule has 1 atom stereocenters. The van der Waals surface area contributed by atoms with Gasteiger partial charge < -0.3 is 9.47 Å². The van der Waals surface area contributed by atoms with Crippen molar-refractivity contribution in [2.75, 3.05) is 13.1 Å². The van der Waals surface area contributed by atoms with Crippen LogP contribution >= 0.6 is 23.2 Å². The Morgan fingerprint density at radius 2 is 1.90 bits per heavy atom. The molecule has 3 rings (SSSR count). The van der Waals surface area contributed by atoms with Crippen molar-refractivity contribution in [3.8, 4) is 0 Å². The standard InChI is InChI=1S/C16H18Cl2N2O/c1-11(16(21)19-6-3-2-4-7-19)20-8-5-13-14(18)9-12(17)10-15(13)20/h5,8-11H,2-4,6-7H2,1H3. The number of hydrogen-bond donors (Lipinski definition) is 0. The van der Waals surface area contributed by atoms with Gasteiger partial charge in [-0.3, -0.25) is 4.79 Å². The van der Waals surface area contributed by atoms with Gasteiger partial charge in [-0.2, -0.15) is 0 Å². The van der Waals surface area contributed by atoms with E-state index in [9.17, 15) is 4.79 Å². The monoisotopic (exact) mass is 324 g/mol. The van der Waals surface area contributed by atoms with E-state index in [0.717, 1.165) is 36.8 Å². The Kier molecular flexibility index (Phi) is 4.14. The second-order valence-corrected chi connectivity index (χ2v) is 6.45. The average molecular weight is 325 g/mol. The highest BCUT2D eigenvalue weighted by Crippen LogP contribution is 2.31. The smallest absolute Gasteiger partial charge is 0.245 e. The number of aromatic nitrogens is 1. The van der Waals surface area contributed by atoms with E-state index in [1.807, 2.05) is 34.7 Å². The average Bonchev–Trinajstić information content (AvgIpc) is 2.90. The van der Waals surface area contributed by atoms with Gasteiger partial charge in [0.1, 0.15) is 6.04 Å². The quantitative estimate of drug-likeness (QED) is 0.797. The first kappa shape index (κ1) is 14.7. The molecular weight excluding hydrogens is 307 g/mol. The van der Waals surface area contributed by atoms with Crippen LogP contribution in [0.3, 0.4) is 0 Å². The topological polar surface area (TPSA) is 25.2 Å². The lowest BCUT2D eigenvalue weighted by Crippen LogP contribution is -2.39. The van der Waals surface area contributed by atoms with E-state index in [4.69, 9.17) is 23.2 Å². The van der Waals surface area contributed by atoms with Crippen molar-refractivity contribution in [2.45, 2.75) is 32.2 Å². The Hall–Kier alpha value is -1.19. The van der Waals surface area contributed by atoms with Crippen LogP contribution in [-0.2, 0) is 4.79 Å². The molecule has 112 valence electrons. The summed E-state index contributed by atoms with van der Waals surface area (Å²) in [5.41, 5.74) is 0.908. The fourth-order valence-corrected chi connectivity index (χ4v) is 3.57. The lowest BCUT2D eigenvalue weighted by atomic mass is 10.1. The summed E-state index contributed by atoms with van der Waals surface area (Å²) < 4.78 is 1.96. The molecule has 1 unspecified atom stereocenters. The van der Waals surface area contributed by atoms with Crippen LogP contribution in [0, 0.1) is 0 Å². The van der Waals surface area contributed by atoms with E-state index in [2.05, 4.69) is 0 Å². The van der Waals surface area contributed by atoms with Crippen molar-refractivity contribution >= 4 is 40.0 Å². The van der Waals surface area contributed by atoms with Crippen LogP contribution in [0.25, 0.3) is 10.9 Å². The molecule has 1 amide bonds. The van der Waals surface area contributed by atoms with E-state index in [1.165, 1.54) is 6.42 Å². The Balaban J connectivity index is 1.94. The van der Waals surface area contributed by atoms with Gasteiger partial charge >= 0.3 is 0 Å². The van der Waals surface area contributed by atoms with Gasteiger partial charge in [-0.1, -0.05) is 23.2 Å². The summed E-state index contributed by atoms with van der Waals surface area (Å²) in [6, 6.07) is 5.29. The second kappa shape index (κ2) is 5.90. The number of nitrogens with zero attached hydrogens (tertiary/aromatic N) is 2. The van der Waals surface area contributed by atoms with Crippen LogP contribution in [0.1, 0.15) is 32.2 Å². The zero-order valence-electron chi connectivity index (χ0n) is 12.0. The summed E-state index contributed by atoms with van der Waals surface area (Å²) in [6.07, 6.45) is 5.33. The van der Waals surface area contributed by atoms with Crippen LogP contribution in [0.4, 0.5) is 0 Å². The minimum atomic E-state index is -0.241. The maximum atomic E-state index is 12.6. The van der Waals surface area contributed by atoms with Crippen LogP contribution in [0.5, 0.6) is 0 Å². The van der Waals surface area contributed by atoms with Crippen LogP contribution in [0.2, 0.25) is 10.0 Å². The van der Waals surface area contributed by atoms with Gasteiger partial charge in [0.15, 0.2) is 0 Å². The molecule has 0 radical (unpaired) electrons. The Morgan fingerprint density at radius 1 is 1.19 bits per heavy atom. The number of piperidine rings is 1. The molecule has 1 fully saturated rings. The first-order valence-electron chi connectivity index (χ1n) is 7.32. The molecule has 0 saturated carbocycles. The van der Waals surface area contributed by atoms with Crippen molar-refractivity contribution < 1.29 is 4.79 Å². The molecule has 0 bridgehead atoms. The van der Waals surface area contributed by atoms with Crippen LogP contribution < -0.4 is 0 Å². The van der Waals surface area contributed by atoms with Crippen molar-refractivity contribution in [1.29, 1.82) is 0 Å². The van der Waals surface area contributed by atoms with Crippen molar-refractivity contribution in [2.24, 2.45) is 0 Å². The molecule has 1 aliphatic heterocycles. The number of rotatable bonds is 2. The van der Waals surface area contributed by atoms with Gasteiger partial charge in [-0.05, 0) is 44.4 Å². The van der Waals surface area contributed by atoms with Gasteiger partial charge in [-0.25, -0.2) is 0 Å². The molecular formula is C16H18Cl2N2O. The number of amides is 1. The Morgan fingerprint density at radius 3 is 2.62 bits per heavy atom. The van der Waals surface area contributed by atoms with Crippen LogP contribution in [0.15, 0.2) is 24.4 Å². The fourth-order valence-electron chi connectivity index (χ4n) is 3.02. The molecule has 0 spiro atoms. The van der Waals surface area contributed by atoms with E-state index in [1.54, 1.807) is 6.07 Å². The zero-order valence-corrected chi connectivity index (χ0v) is 13.5. The minimum absolute atomic E-state index is 0.170. The summed E-state index contributed by atoms with van der Waals surface area (Å²) in [7, 11) is 0. The number of fused-ring (bicyclic) bond motifs is 1. The molecule has 0 N–H and O–H groups in total. The predicted molar refractivity (Wildman–Crippen MR) is 87.1 cm³/mol. The summed E-state index contributed by atoms with van der Waals surface area (Å²) in [5, 5.41) is 2.14. The van der Waals surface area contributed by atoms with Gasteiger partial charge in [0, 0.05) is 29.7 Å². The molecule has 1 aliphatic rings. The van der Waals surface area contributed by atoms with Crippen molar-refractivity contribution in [3.63, 3.8) is 0 Å².